The molecule has 1 unspecified atom stereocenters. The number of amides is 2. The molecule has 8 heteroatoms. The van der Waals surface area contributed by atoms with Gasteiger partial charge in [0.15, 0.2) is 0 Å². The van der Waals surface area contributed by atoms with Crippen molar-refractivity contribution in [2.24, 2.45) is 0 Å². The van der Waals surface area contributed by atoms with E-state index in [1.165, 1.54) is 4.90 Å². The Kier molecular flexibility index (Phi) is 6.49. The number of carboxylic acids is 1. The van der Waals surface area contributed by atoms with Crippen LogP contribution < -0.4 is 10.2 Å². The molecular weight excluding hydrogens is 456 g/mol. The minimum atomic E-state index is -0.903. The number of H-pyrrole nitrogens is 1. The molecule has 1 aromatic heterocycles. The van der Waals surface area contributed by atoms with Crippen LogP contribution in [0.4, 0.5) is 5.69 Å². The highest BCUT2D eigenvalue weighted by Gasteiger charge is 2.30. The summed E-state index contributed by atoms with van der Waals surface area (Å²) < 4.78 is 0. The van der Waals surface area contributed by atoms with Gasteiger partial charge in [0.05, 0.1) is 17.5 Å². The zero-order chi connectivity index (χ0) is 25.1. The predicted octanol–water partition coefficient (Wildman–Crippen LogP) is 4.23. The van der Waals surface area contributed by atoms with Crippen LogP contribution in [0.15, 0.2) is 72.8 Å². The number of nitrogens with zero attached hydrogens (tertiary/aromatic N) is 2. The molecule has 3 aromatic carbocycles. The Morgan fingerprint density at radius 2 is 1.78 bits per heavy atom. The van der Waals surface area contributed by atoms with Crippen molar-refractivity contribution in [3.05, 3.63) is 83.9 Å². The molecule has 4 aromatic rings. The predicted molar refractivity (Wildman–Crippen MR) is 136 cm³/mol. The minimum Gasteiger partial charge on any atom is -0.481 e. The Labute approximate surface area is 208 Å². The SMILES string of the molecule is O=C(O)CC1CCC(=O)N(CC(=O)NCc2ccc(-c3nc4ccccc4[nH]3)cc2)c2ccccc21. The Bertz CT molecular complexity index is 1390. The number of imidazole rings is 1. The number of benzene rings is 3. The lowest BCUT2D eigenvalue weighted by molar-refractivity contribution is -0.137. The van der Waals surface area contributed by atoms with Crippen molar-refractivity contribution in [2.75, 3.05) is 11.4 Å². The fraction of sp³-hybridized carbons (Fsp3) is 0.214. The largest absolute Gasteiger partial charge is 0.481 e. The molecule has 3 N–H and O–H groups in total. The third kappa shape index (κ3) is 4.98. The van der Waals surface area contributed by atoms with Gasteiger partial charge in [0.1, 0.15) is 12.4 Å². The van der Waals surface area contributed by atoms with Crippen LogP contribution in [0.5, 0.6) is 0 Å². The molecule has 0 saturated carbocycles. The van der Waals surface area contributed by atoms with Crippen molar-refractivity contribution in [1.82, 2.24) is 15.3 Å². The number of fused-ring (bicyclic) bond motifs is 2. The van der Waals surface area contributed by atoms with Gasteiger partial charge in [-0.05, 0) is 41.7 Å². The number of carbonyl (C=O) groups excluding carboxylic acids is 2. The van der Waals surface area contributed by atoms with E-state index < -0.39 is 5.97 Å². The zero-order valence-electron chi connectivity index (χ0n) is 19.6. The van der Waals surface area contributed by atoms with Gasteiger partial charge < -0.3 is 20.3 Å². The number of nitrogens with one attached hydrogen (secondary N) is 2. The topological polar surface area (TPSA) is 115 Å². The summed E-state index contributed by atoms with van der Waals surface area (Å²) >= 11 is 0. The summed E-state index contributed by atoms with van der Waals surface area (Å²) in [4.78, 5) is 46.3. The monoisotopic (exact) mass is 482 g/mol. The number of hydrogen-bond donors (Lipinski definition) is 3. The molecule has 36 heavy (non-hydrogen) atoms. The lowest BCUT2D eigenvalue weighted by Gasteiger charge is -2.23. The van der Waals surface area contributed by atoms with Gasteiger partial charge in [-0.2, -0.15) is 0 Å². The highest BCUT2D eigenvalue weighted by Crippen LogP contribution is 2.36. The average molecular weight is 483 g/mol. The average Bonchev–Trinajstić information content (AvgIpc) is 3.28. The quantitative estimate of drug-likeness (QED) is 0.365. The zero-order valence-corrected chi connectivity index (χ0v) is 19.6. The number of anilines is 1. The maximum atomic E-state index is 12.8. The Morgan fingerprint density at radius 3 is 2.56 bits per heavy atom. The van der Waals surface area contributed by atoms with E-state index in [4.69, 9.17) is 0 Å². The van der Waals surface area contributed by atoms with E-state index in [0.717, 1.165) is 33.5 Å². The molecule has 2 amide bonds. The van der Waals surface area contributed by atoms with Gasteiger partial charge in [-0.25, -0.2) is 4.98 Å². The molecule has 1 aliphatic rings. The lowest BCUT2D eigenvalue weighted by Crippen LogP contribution is -2.40. The van der Waals surface area contributed by atoms with Gasteiger partial charge in [0, 0.05) is 24.2 Å². The highest BCUT2D eigenvalue weighted by atomic mass is 16.4. The van der Waals surface area contributed by atoms with Crippen LogP contribution in [0.3, 0.4) is 0 Å². The number of aliphatic carboxylic acids is 1. The first kappa shape index (κ1) is 23.3. The molecule has 182 valence electrons. The second-order valence-corrected chi connectivity index (χ2v) is 8.95. The smallest absolute Gasteiger partial charge is 0.303 e. The number of para-hydroxylation sites is 3. The van der Waals surface area contributed by atoms with Gasteiger partial charge in [0.25, 0.3) is 0 Å². The molecule has 0 spiro atoms. The van der Waals surface area contributed by atoms with Crippen LogP contribution in [-0.4, -0.2) is 39.4 Å². The Hall–Kier alpha value is -4.46. The summed E-state index contributed by atoms with van der Waals surface area (Å²) in [5.74, 6) is -0.844. The molecule has 0 radical (unpaired) electrons. The van der Waals surface area contributed by atoms with Crippen LogP contribution in [0, 0.1) is 0 Å². The van der Waals surface area contributed by atoms with Crippen molar-refractivity contribution >= 4 is 34.5 Å². The van der Waals surface area contributed by atoms with Crippen LogP contribution in [-0.2, 0) is 20.9 Å². The van der Waals surface area contributed by atoms with E-state index in [9.17, 15) is 19.5 Å². The van der Waals surface area contributed by atoms with Gasteiger partial charge in [-0.15, -0.1) is 0 Å². The molecule has 1 atom stereocenters. The van der Waals surface area contributed by atoms with Crippen LogP contribution >= 0.6 is 0 Å². The van der Waals surface area contributed by atoms with E-state index in [-0.39, 0.29) is 37.1 Å². The molecule has 0 fully saturated rings. The third-order valence-corrected chi connectivity index (χ3v) is 6.50. The summed E-state index contributed by atoms with van der Waals surface area (Å²) in [5.41, 5.74) is 5.15. The number of aromatic amines is 1. The molecule has 0 bridgehead atoms. The summed E-state index contributed by atoms with van der Waals surface area (Å²) in [5, 5.41) is 12.2. The normalized spacial score (nSPS) is 15.4. The minimum absolute atomic E-state index is 0.0473. The molecular formula is C28H26N4O4. The summed E-state index contributed by atoms with van der Waals surface area (Å²) in [6.07, 6.45) is 0.593. The Morgan fingerprint density at radius 1 is 1.03 bits per heavy atom. The second-order valence-electron chi connectivity index (χ2n) is 8.95. The number of rotatable bonds is 7. The van der Waals surface area contributed by atoms with E-state index in [2.05, 4.69) is 15.3 Å². The lowest BCUT2D eigenvalue weighted by atomic mass is 9.91. The fourth-order valence-electron chi connectivity index (χ4n) is 4.67. The van der Waals surface area contributed by atoms with Crippen LogP contribution in [0.1, 0.15) is 36.3 Å². The molecule has 1 aliphatic heterocycles. The maximum absolute atomic E-state index is 12.8. The van der Waals surface area contributed by atoms with Crippen LogP contribution in [0.25, 0.3) is 22.4 Å². The van der Waals surface area contributed by atoms with E-state index in [0.29, 0.717) is 18.7 Å². The standard InChI is InChI=1S/C28H26N4O4/c33-25(17-32-24-8-4-1-5-21(24)20(15-27(35)36)13-14-26(32)34)29-16-18-9-11-19(12-10-18)28-30-22-6-2-3-7-23(22)31-28/h1-12,20H,13-17H2,(H,29,33)(H,30,31)(H,35,36). The number of aromatic nitrogens is 2. The number of hydrogen-bond acceptors (Lipinski definition) is 4. The maximum Gasteiger partial charge on any atom is 0.303 e. The number of carbonyl (C=O) groups is 3. The first-order chi connectivity index (χ1) is 17.5. The summed E-state index contributed by atoms with van der Waals surface area (Å²) in [7, 11) is 0. The van der Waals surface area contributed by atoms with Gasteiger partial charge in [-0.3, -0.25) is 14.4 Å². The fourth-order valence-corrected chi connectivity index (χ4v) is 4.67. The third-order valence-electron chi connectivity index (χ3n) is 6.50. The van der Waals surface area contributed by atoms with E-state index in [1.807, 2.05) is 60.7 Å². The van der Waals surface area contributed by atoms with Crippen molar-refractivity contribution in [2.45, 2.75) is 31.7 Å². The Balaban J connectivity index is 1.24. The summed E-state index contributed by atoms with van der Waals surface area (Å²) in [6.45, 7) is 0.206. The summed E-state index contributed by atoms with van der Waals surface area (Å²) in [6, 6.07) is 22.9. The highest BCUT2D eigenvalue weighted by molar-refractivity contribution is 6.00. The molecule has 0 aliphatic carbocycles. The van der Waals surface area contributed by atoms with E-state index in [1.54, 1.807) is 12.1 Å². The second kappa shape index (κ2) is 10.0. The first-order valence-corrected chi connectivity index (χ1v) is 11.9. The molecule has 5 rings (SSSR count). The van der Waals surface area contributed by atoms with E-state index >= 15 is 0 Å². The van der Waals surface area contributed by atoms with Crippen molar-refractivity contribution in [3.8, 4) is 11.4 Å². The van der Waals surface area contributed by atoms with Gasteiger partial charge in [-0.1, -0.05) is 54.6 Å². The van der Waals surface area contributed by atoms with Crippen molar-refractivity contribution < 1.29 is 19.5 Å². The van der Waals surface area contributed by atoms with Gasteiger partial charge in [0.2, 0.25) is 11.8 Å². The number of carboxylic acid groups (broad SMARTS) is 1. The molecule has 0 saturated heterocycles. The van der Waals surface area contributed by atoms with Gasteiger partial charge >= 0.3 is 5.97 Å². The molecule has 2 heterocycles. The first-order valence-electron chi connectivity index (χ1n) is 11.9. The molecule has 8 nitrogen and oxygen atoms in total. The van der Waals surface area contributed by atoms with Crippen LogP contribution in [0.2, 0.25) is 0 Å². The van der Waals surface area contributed by atoms with Crippen molar-refractivity contribution in [1.29, 1.82) is 0 Å². The van der Waals surface area contributed by atoms with Crippen molar-refractivity contribution in [3.63, 3.8) is 0 Å².